The molecule has 0 atom stereocenters. The lowest BCUT2D eigenvalue weighted by atomic mass is 9.83. The third kappa shape index (κ3) is 3.33. The number of hydrogen-bond donors (Lipinski definition) is 0. The van der Waals surface area contributed by atoms with Gasteiger partial charge in [0.25, 0.3) is 0 Å². The second-order valence-electron chi connectivity index (χ2n) is 5.38. The predicted molar refractivity (Wildman–Crippen MR) is 76.1 cm³/mol. The summed E-state index contributed by atoms with van der Waals surface area (Å²) in [5.41, 5.74) is 1.34. The molecule has 0 aliphatic heterocycles. The van der Waals surface area contributed by atoms with Crippen molar-refractivity contribution in [3.05, 3.63) is 23.3 Å². The lowest BCUT2D eigenvalue weighted by molar-refractivity contribution is 0.336. The van der Waals surface area contributed by atoms with Crippen molar-refractivity contribution in [2.24, 2.45) is 0 Å². The Morgan fingerprint density at radius 3 is 2.45 bits per heavy atom. The van der Waals surface area contributed by atoms with Crippen LogP contribution in [-0.4, -0.2) is 19.6 Å². The first-order valence-electron chi connectivity index (χ1n) is 7.16. The van der Waals surface area contributed by atoms with Crippen molar-refractivity contribution < 1.29 is 17.7 Å². The second-order valence-corrected chi connectivity index (χ2v) is 6.73. The van der Waals surface area contributed by atoms with Gasteiger partial charge in [0.05, 0.1) is 11.5 Å². The van der Waals surface area contributed by atoms with Gasteiger partial charge in [0.15, 0.2) is 0 Å². The van der Waals surface area contributed by atoms with E-state index in [1.165, 1.54) is 12.5 Å². The molecule has 0 saturated heterocycles. The summed E-state index contributed by atoms with van der Waals surface area (Å²) in [7, 11) is -4.44. The number of aryl methyl sites for hydroxylation is 1. The van der Waals surface area contributed by atoms with E-state index < -0.39 is 10.1 Å². The summed E-state index contributed by atoms with van der Waals surface area (Å²) in [5, 5.41) is 0. The van der Waals surface area contributed by atoms with Gasteiger partial charge in [0, 0.05) is 0 Å². The van der Waals surface area contributed by atoms with E-state index in [1.807, 2.05) is 6.92 Å². The maximum absolute atomic E-state index is 11.5. The van der Waals surface area contributed by atoms with E-state index in [0.717, 1.165) is 25.7 Å². The third-order valence-corrected chi connectivity index (χ3v) is 4.81. The Balaban J connectivity index is 2.52. The molecule has 1 saturated carbocycles. The van der Waals surface area contributed by atoms with Gasteiger partial charge in [-0.1, -0.05) is 19.3 Å². The third-order valence-electron chi connectivity index (χ3n) is 3.92. The molecule has 1 aromatic carbocycles. The quantitative estimate of drug-likeness (QED) is 0.799. The fraction of sp³-hybridized carbons (Fsp3) is 0.600. The van der Waals surface area contributed by atoms with E-state index in [1.54, 1.807) is 13.0 Å². The standard InChI is InChI=1S/C15H22O4S/c1-3-19-14-10-13(12-7-5-4-6-8-12)15(9-11(14)2)20(16,17)18/h9-10,12H,3-8H2,1-2H3,(H,16,17,18)/p-1. The summed E-state index contributed by atoms with van der Waals surface area (Å²) in [6.07, 6.45) is 5.23. The van der Waals surface area contributed by atoms with E-state index in [-0.39, 0.29) is 10.8 Å². The molecule has 0 radical (unpaired) electrons. The number of ether oxygens (including phenoxy) is 1. The molecule has 2 rings (SSSR count). The van der Waals surface area contributed by atoms with E-state index in [0.29, 0.717) is 23.5 Å². The molecule has 1 aliphatic carbocycles. The second kappa shape index (κ2) is 6.14. The minimum absolute atomic E-state index is 0.0645. The maximum Gasteiger partial charge on any atom is 0.124 e. The van der Waals surface area contributed by atoms with Crippen molar-refractivity contribution in [1.29, 1.82) is 0 Å². The molecule has 0 unspecified atom stereocenters. The SMILES string of the molecule is CCOc1cc(C2CCCCC2)c(S(=O)(=O)[O-])cc1C. The van der Waals surface area contributed by atoms with Gasteiger partial charge in [0.2, 0.25) is 0 Å². The molecular weight excluding hydrogens is 276 g/mol. The van der Waals surface area contributed by atoms with Crippen LogP contribution in [-0.2, 0) is 10.1 Å². The summed E-state index contributed by atoms with van der Waals surface area (Å²) in [4.78, 5) is -0.0645. The summed E-state index contributed by atoms with van der Waals surface area (Å²) >= 11 is 0. The lowest BCUT2D eigenvalue weighted by Gasteiger charge is -2.26. The van der Waals surface area contributed by atoms with Gasteiger partial charge in [-0.3, -0.25) is 0 Å². The van der Waals surface area contributed by atoms with E-state index in [9.17, 15) is 13.0 Å². The topological polar surface area (TPSA) is 66.4 Å². The number of rotatable bonds is 4. The highest BCUT2D eigenvalue weighted by Gasteiger charge is 2.22. The Morgan fingerprint density at radius 2 is 1.90 bits per heavy atom. The van der Waals surface area contributed by atoms with Crippen LogP contribution in [0.4, 0.5) is 0 Å². The molecule has 0 bridgehead atoms. The van der Waals surface area contributed by atoms with E-state index in [2.05, 4.69) is 0 Å². The van der Waals surface area contributed by atoms with E-state index >= 15 is 0 Å². The molecule has 0 amide bonds. The van der Waals surface area contributed by atoms with Crippen molar-refractivity contribution in [1.82, 2.24) is 0 Å². The molecule has 20 heavy (non-hydrogen) atoms. The largest absolute Gasteiger partial charge is 0.744 e. The van der Waals surface area contributed by atoms with Crippen molar-refractivity contribution in [2.75, 3.05) is 6.61 Å². The van der Waals surface area contributed by atoms with Crippen LogP contribution in [0.5, 0.6) is 5.75 Å². The highest BCUT2D eigenvalue weighted by atomic mass is 32.2. The van der Waals surface area contributed by atoms with Crippen molar-refractivity contribution in [2.45, 2.75) is 56.8 Å². The first kappa shape index (κ1) is 15.3. The van der Waals surface area contributed by atoms with Crippen molar-refractivity contribution in [3.8, 4) is 5.75 Å². The van der Waals surface area contributed by atoms with Gasteiger partial charge in [-0.05, 0) is 55.9 Å². The van der Waals surface area contributed by atoms with Crippen molar-refractivity contribution in [3.63, 3.8) is 0 Å². The van der Waals surface area contributed by atoms with Gasteiger partial charge in [0.1, 0.15) is 15.9 Å². The summed E-state index contributed by atoms with van der Waals surface area (Å²) in [5.74, 6) is 0.836. The fourth-order valence-electron chi connectivity index (χ4n) is 2.94. The van der Waals surface area contributed by atoms with Gasteiger partial charge >= 0.3 is 0 Å². The monoisotopic (exact) mass is 297 g/mol. The highest BCUT2D eigenvalue weighted by molar-refractivity contribution is 7.85. The minimum Gasteiger partial charge on any atom is -0.744 e. The zero-order valence-electron chi connectivity index (χ0n) is 12.0. The summed E-state index contributed by atoms with van der Waals surface area (Å²) in [6, 6.07) is 3.23. The van der Waals surface area contributed by atoms with Crippen molar-refractivity contribution >= 4 is 10.1 Å². The zero-order valence-corrected chi connectivity index (χ0v) is 12.8. The predicted octanol–water partition coefficient (Wildman–Crippen LogP) is 3.35. The van der Waals surface area contributed by atoms with Crippen LogP contribution >= 0.6 is 0 Å². The highest BCUT2D eigenvalue weighted by Crippen LogP contribution is 2.38. The first-order chi connectivity index (χ1) is 9.43. The molecule has 1 aromatic rings. The Hall–Kier alpha value is -1.07. The lowest BCUT2D eigenvalue weighted by Crippen LogP contribution is -2.12. The molecular formula is C15H21O4S-. The van der Waals surface area contributed by atoms with Crippen LogP contribution in [0.3, 0.4) is 0 Å². The average Bonchev–Trinajstić information content (AvgIpc) is 2.41. The van der Waals surface area contributed by atoms with E-state index in [4.69, 9.17) is 4.74 Å². The van der Waals surface area contributed by atoms with Gasteiger partial charge in [-0.25, -0.2) is 8.42 Å². The van der Waals surface area contributed by atoms with Crippen LogP contribution in [0.2, 0.25) is 0 Å². The fourth-order valence-corrected chi connectivity index (χ4v) is 3.77. The molecule has 5 heteroatoms. The molecule has 0 N–H and O–H groups in total. The Kier molecular flexibility index (Phi) is 4.70. The van der Waals surface area contributed by atoms with Crippen LogP contribution in [0.15, 0.2) is 17.0 Å². The Labute approximate surface area is 120 Å². The number of hydrogen-bond acceptors (Lipinski definition) is 4. The van der Waals surface area contributed by atoms with Crippen LogP contribution in [0.25, 0.3) is 0 Å². The van der Waals surface area contributed by atoms with Gasteiger partial charge in [-0.15, -0.1) is 0 Å². The molecule has 0 heterocycles. The maximum atomic E-state index is 11.5. The molecule has 0 aromatic heterocycles. The molecule has 1 aliphatic rings. The summed E-state index contributed by atoms with van der Waals surface area (Å²) in [6.45, 7) is 4.18. The van der Waals surface area contributed by atoms with Crippen LogP contribution in [0.1, 0.15) is 56.1 Å². The minimum atomic E-state index is -4.44. The smallest absolute Gasteiger partial charge is 0.124 e. The summed E-state index contributed by atoms with van der Waals surface area (Å²) < 4.78 is 40.1. The normalized spacial score (nSPS) is 17.1. The molecule has 4 nitrogen and oxygen atoms in total. The van der Waals surface area contributed by atoms with Gasteiger partial charge in [-0.2, -0.15) is 0 Å². The molecule has 1 fully saturated rings. The Morgan fingerprint density at radius 1 is 1.25 bits per heavy atom. The molecule has 112 valence electrons. The first-order valence-corrected chi connectivity index (χ1v) is 8.57. The average molecular weight is 297 g/mol. The Bertz CT molecular complexity index is 572. The zero-order chi connectivity index (χ0) is 14.8. The van der Waals surface area contributed by atoms with Crippen LogP contribution in [0, 0.1) is 6.92 Å². The van der Waals surface area contributed by atoms with Gasteiger partial charge < -0.3 is 9.29 Å². The van der Waals surface area contributed by atoms with Crippen LogP contribution < -0.4 is 4.74 Å². The molecule has 0 spiro atoms. The number of benzene rings is 1.